The van der Waals surface area contributed by atoms with Crippen LogP contribution in [0.1, 0.15) is 84.9 Å². The van der Waals surface area contributed by atoms with E-state index >= 15 is 0 Å². The number of carbonyl (C=O) groups is 1. The standard InChI is InChI=1S/C31H26Cl2F2N4O5/c32-20-14-36-15-21(33)23(20)24-18(25(43-38-24)16-1-2-16)5-6-30-7-10-31(11-8-30,12-9-30)28-37-26(39-44-28)17-3-4-22(42-29(34)35)19(13-17)27(40)41/h3-6,13-16,29H,1-2,7-12H2,(H,40,41). The number of aromatic nitrogens is 4. The van der Waals surface area contributed by atoms with Crippen LogP contribution in [0.15, 0.2) is 45.7 Å². The van der Waals surface area contributed by atoms with Gasteiger partial charge in [0.25, 0.3) is 0 Å². The SMILES string of the molecule is O=C(O)c1cc(-c2noc(C34CCC(C=Cc5c(-c6c(Cl)cncc6Cl)noc5C5CC5)(CC3)CC4)n2)ccc1OC(F)F. The lowest BCUT2D eigenvalue weighted by molar-refractivity contribution is -0.0503. The van der Waals surface area contributed by atoms with Gasteiger partial charge >= 0.3 is 12.6 Å². The normalized spacial score (nSPS) is 23.1. The van der Waals surface area contributed by atoms with Crippen LogP contribution in [0.3, 0.4) is 0 Å². The number of hydrogen-bond donors (Lipinski definition) is 1. The molecule has 3 aromatic heterocycles. The topological polar surface area (TPSA) is 124 Å². The lowest BCUT2D eigenvalue weighted by atomic mass is 9.53. The second kappa shape index (κ2) is 11.0. The lowest BCUT2D eigenvalue weighted by Crippen LogP contribution is -2.43. The summed E-state index contributed by atoms with van der Waals surface area (Å²) in [7, 11) is 0. The number of halogens is 4. The molecule has 0 saturated heterocycles. The molecule has 3 heterocycles. The summed E-state index contributed by atoms with van der Waals surface area (Å²) in [5, 5.41) is 18.8. The van der Waals surface area contributed by atoms with Crippen LogP contribution < -0.4 is 4.74 Å². The summed E-state index contributed by atoms with van der Waals surface area (Å²) < 4.78 is 41.3. The second-order valence-electron chi connectivity index (χ2n) is 11.9. The number of allylic oxidation sites excluding steroid dienone is 1. The van der Waals surface area contributed by atoms with Gasteiger partial charge in [0.2, 0.25) is 11.7 Å². The molecule has 4 fully saturated rings. The first-order valence-corrected chi connectivity index (χ1v) is 15.1. The number of hydrogen-bond acceptors (Lipinski definition) is 8. The van der Waals surface area contributed by atoms with Crippen LogP contribution in [0.4, 0.5) is 8.78 Å². The fourth-order valence-electron chi connectivity index (χ4n) is 6.57. The molecule has 228 valence electrons. The van der Waals surface area contributed by atoms with Crippen LogP contribution in [-0.2, 0) is 5.41 Å². The zero-order valence-electron chi connectivity index (χ0n) is 23.2. The van der Waals surface area contributed by atoms with Crippen molar-refractivity contribution in [2.75, 3.05) is 0 Å². The average Bonchev–Trinajstić information content (AvgIpc) is 3.57. The first-order valence-electron chi connectivity index (χ1n) is 14.3. The Morgan fingerprint density at radius 3 is 2.39 bits per heavy atom. The van der Waals surface area contributed by atoms with Crippen LogP contribution in [0.25, 0.3) is 28.7 Å². The molecule has 1 aromatic carbocycles. The third-order valence-corrected chi connectivity index (χ3v) is 9.84. The number of carboxylic acid groups (broad SMARTS) is 1. The summed E-state index contributed by atoms with van der Waals surface area (Å²) in [4.78, 5) is 20.4. The van der Waals surface area contributed by atoms with Crippen molar-refractivity contribution in [1.82, 2.24) is 20.3 Å². The maximum absolute atomic E-state index is 12.7. The van der Waals surface area contributed by atoms with E-state index in [1.165, 1.54) is 18.2 Å². The van der Waals surface area contributed by atoms with E-state index in [1.54, 1.807) is 12.4 Å². The number of fused-ring (bicyclic) bond motifs is 3. The minimum Gasteiger partial charge on any atom is -0.478 e. The van der Waals surface area contributed by atoms with Gasteiger partial charge in [-0.3, -0.25) is 4.98 Å². The highest BCUT2D eigenvalue weighted by atomic mass is 35.5. The number of alkyl halides is 2. The molecular formula is C31H26Cl2F2N4O5. The largest absolute Gasteiger partial charge is 0.478 e. The van der Waals surface area contributed by atoms with Gasteiger partial charge in [0, 0.05) is 40.4 Å². The third-order valence-electron chi connectivity index (χ3n) is 9.27. The quantitative estimate of drug-likeness (QED) is 0.191. The minimum atomic E-state index is -3.15. The van der Waals surface area contributed by atoms with Crippen molar-refractivity contribution in [3.05, 3.63) is 69.5 Å². The lowest BCUT2D eigenvalue weighted by Gasteiger charge is -2.50. The molecule has 0 atom stereocenters. The maximum atomic E-state index is 12.7. The molecule has 2 bridgehead atoms. The van der Waals surface area contributed by atoms with Gasteiger partial charge in [-0.1, -0.05) is 45.7 Å². The van der Waals surface area contributed by atoms with Crippen molar-refractivity contribution in [3.63, 3.8) is 0 Å². The summed E-state index contributed by atoms with van der Waals surface area (Å²) in [5.41, 5.74) is 1.78. The van der Waals surface area contributed by atoms with Crippen LogP contribution in [0.2, 0.25) is 10.0 Å². The molecule has 0 unspecified atom stereocenters. The summed E-state index contributed by atoms with van der Waals surface area (Å²) >= 11 is 13.0. The van der Waals surface area contributed by atoms with Gasteiger partial charge < -0.3 is 18.9 Å². The molecule has 4 aliphatic rings. The number of ether oxygens (including phenoxy) is 1. The molecule has 9 nitrogen and oxygen atoms in total. The number of rotatable bonds is 9. The Morgan fingerprint density at radius 1 is 1.05 bits per heavy atom. The minimum absolute atomic E-state index is 0.0112. The average molecular weight is 643 g/mol. The molecule has 8 rings (SSSR count). The fraction of sp³-hybridized carbons (Fsp3) is 0.387. The van der Waals surface area contributed by atoms with E-state index in [0.717, 1.165) is 62.7 Å². The molecular weight excluding hydrogens is 617 g/mol. The predicted molar refractivity (Wildman–Crippen MR) is 156 cm³/mol. The molecule has 44 heavy (non-hydrogen) atoms. The van der Waals surface area contributed by atoms with Crippen LogP contribution in [0.5, 0.6) is 5.75 Å². The fourth-order valence-corrected chi connectivity index (χ4v) is 7.11. The second-order valence-corrected chi connectivity index (χ2v) is 12.7. The van der Waals surface area contributed by atoms with Crippen molar-refractivity contribution in [1.29, 1.82) is 0 Å². The van der Waals surface area contributed by atoms with Gasteiger partial charge in [0.1, 0.15) is 22.8 Å². The Morgan fingerprint density at radius 2 is 1.75 bits per heavy atom. The molecule has 0 aliphatic heterocycles. The van der Waals surface area contributed by atoms with Crippen LogP contribution >= 0.6 is 23.2 Å². The Balaban J connectivity index is 1.12. The highest BCUT2D eigenvalue weighted by molar-refractivity contribution is 6.39. The molecule has 13 heteroatoms. The van der Waals surface area contributed by atoms with Crippen molar-refractivity contribution in [2.24, 2.45) is 5.41 Å². The predicted octanol–water partition coefficient (Wildman–Crippen LogP) is 8.58. The van der Waals surface area contributed by atoms with E-state index in [9.17, 15) is 18.7 Å². The Bertz CT molecular complexity index is 1740. The summed E-state index contributed by atoms with van der Waals surface area (Å²) in [6.45, 7) is -3.15. The first-order chi connectivity index (χ1) is 21.2. The van der Waals surface area contributed by atoms with Crippen molar-refractivity contribution >= 4 is 35.2 Å². The van der Waals surface area contributed by atoms with Crippen LogP contribution in [0, 0.1) is 5.41 Å². The molecule has 0 spiro atoms. The van der Waals surface area contributed by atoms with Gasteiger partial charge in [-0.25, -0.2) is 4.79 Å². The number of aromatic carboxylic acids is 1. The monoisotopic (exact) mass is 642 g/mol. The number of carboxylic acids is 1. The van der Waals surface area contributed by atoms with Crippen molar-refractivity contribution in [3.8, 4) is 28.4 Å². The molecule has 4 aliphatic carbocycles. The Labute approximate surface area is 260 Å². The van der Waals surface area contributed by atoms with Gasteiger partial charge in [-0.05, 0) is 75.0 Å². The zero-order chi connectivity index (χ0) is 30.6. The van der Waals surface area contributed by atoms with Crippen LogP contribution in [-0.4, -0.2) is 38.0 Å². The highest BCUT2D eigenvalue weighted by Crippen LogP contribution is 2.58. The smallest absolute Gasteiger partial charge is 0.387 e. The highest BCUT2D eigenvalue weighted by Gasteiger charge is 2.51. The number of nitrogens with zero attached hydrogens (tertiary/aromatic N) is 4. The number of pyridine rings is 1. The molecule has 4 aromatic rings. The Kier molecular flexibility index (Phi) is 7.20. The molecule has 4 saturated carbocycles. The van der Waals surface area contributed by atoms with Gasteiger partial charge in [-0.15, -0.1) is 0 Å². The third kappa shape index (κ3) is 5.15. The van der Waals surface area contributed by atoms with E-state index in [2.05, 4.69) is 37.2 Å². The molecule has 0 amide bonds. The van der Waals surface area contributed by atoms with Crippen molar-refractivity contribution < 1.29 is 32.5 Å². The van der Waals surface area contributed by atoms with Gasteiger partial charge in [-0.2, -0.15) is 13.8 Å². The summed E-state index contributed by atoms with van der Waals surface area (Å²) in [6.07, 6.45) is 14.9. The molecule has 1 N–H and O–H groups in total. The van der Waals surface area contributed by atoms with E-state index in [0.29, 0.717) is 38.7 Å². The number of benzene rings is 1. The van der Waals surface area contributed by atoms with Gasteiger partial charge in [0.05, 0.1) is 10.0 Å². The Hall–Kier alpha value is -3.83. The van der Waals surface area contributed by atoms with E-state index in [1.807, 2.05) is 0 Å². The first kappa shape index (κ1) is 28.9. The van der Waals surface area contributed by atoms with E-state index < -0.39 is 23.9 Å². The van der Waals surface area contributed by atoms with E-state index in [4.69, 9.17) is 32.2 Å². The molecule has 0 radical (unpaired) electrons. The summed E-state index contributed by atoms with van der Waals surface area (Å²) in [5.74, 6) is 0.0679. The maximum Gasteiger partial charge on any atom is 0.387 e. The van der Waals surface area contributed by atoms with Gasteiger partial charge in [0.15, 0.2) is 0 Å². The van der Waals surface area contributed by atoms with Crippen molar-refractivity contribution in [2.45, 2.75) is 69.3 Å². The zero-order valence-corrected chi connectivity index (χ0v) is 24.7. The summed E-state index contributed by atoms with van der Waals surface area (Å²) in [6, 6.07) is 3.83. The van der Waals surface area contributed by atoms with E-state index in [-0.39, 0.29) is 16.7 Å².